The summed E-state index contributed by atoms with van der Waals surface area (Å²) in [7, 11) is 0. The van der Waals surface area contributed by atoms with Gasteiger partial charge in [-0.15, -0.1) is 12.4 Å². The molecule has 0 radical (unpaired) electrons. The van der Waals surface area contributed by atoms with Gasteiger partial charge in [0.1, 0.15) is 18.1 Å². The van der Waals surface area contributed by atoms with Crippen LogP contribution in [-0.4, -0.2) is 19.8 Å². The van der Waals surface area contributed by atoms with Crippen LogP contribution in [0.2, 0.25) is 0 Å². The molecule has 3 nitrogen and oxygen atoms in total. The van der Waals surface area contributed by atoms with Crippen LogP contribution in [0.15, 0.2) is 24.8 Å². The molecule has 2 unspecified atom stereocenters. The van der Waals surface area contributed by atoms with Crippen molar-refractivity contribution in [2.45, 2.75) is 18.8 Å². The van der Waals surface area contributed by atoms with Crippen LogP contribution in [0.4, 0.5) is 0 Å². The van der Waals surface area contributed by atoms with Crippen molar-refractivity contribution in [2.75, 3.05) is 19.8 Å². The third-order valence-electron chi connectivity index (χ3n) is 3.84. The fraction of sp³-hybridized carbons (Fsp3) is 0.467. The molecule has 19 heavy (non-hydrogen) atoms. The van der Waals surface area contributed by atoms with E-state index in [1.807, 2.05) is 12.1 Å². The summed E-state index contributed by atoms with van der Waals surface area (Å²) in [5.41, 5.74) is 8.44. The van der Waals surface area contributed by atoms with E-state index in [9.17, 15) is 0 Å². The average molecular weight is 282 g/mol. The van der Waals surface area contributed by atoms with Crippen molar-refractivity contribution in [1.29, 1.82) is 0 Å². The van der Waals surface area contributed by atoms with Crippen LogP contribution >= 0.6 is 12.4 Å². The molecule has 104 valence electrons. The summed E-state index contributed by atoms with van der Waals surface area (Å²) >= 11 is 0. The number of nitrogens with two attached hydrogens (primary N) is 1. The molecule has 2 N–H and O–H groups in total. The third kappa shape index (κ3) is 2.58. The van der Waals surface area contributed by atoms with Crippen LogP contribution in [0.3, 0.4) is 0 Å². The summed E-state index contributed by atoms with van der Waals surface area (Å²) in [5.74, 6) is 3.19. The highest BCUT2D eigenvalue weighted by Crippen LogP contribution is 2.53. The lowest BCUT2D eigenvalue weighted by Crippen LogP contribution is -2.05. The molecule has 0 bridgehead atoms. The highest BCUT2D eigenvalue weighted by molar-refractivity contribution is 5.85. The molecule has 1 aliphatic heterocycles. The van der Waals surface area contributed by atoms with E-state index in [1.54, 1.807) is 6.08 Å². The molecule has 4 heteroatoms. The zero-order valence-electron chi connectivity index (χ0n) is 10.9. The first-order chi connectivity index (χ1) is 8.85. The Balaban J connectivity index is 0.00000133. The van der Waals surface area contributed by atoms with E-state index in [0.29, 0.717) is 18.4 Å². The Hall–Kier alpha value is -1.19. The molecule has 0 spiro atoms. The first kappa shape index (κ1) is 14.2. The molecule has 1 heterocycles. The maximum absolute atomic E-state index is 5.79. The fourth-order valence-corrected chi connectivity index (χ4v) is 2.82. The Morgan fingerprint density at radius 2 is 2.32 bits per heavy atom. The standard InChI is InChI=1S/C15H19NO2.ClH/c1-2-6-17-14-4-3-13-11(5-7-18-13)15(14)12-8-10(12)9-16;/h2-4,10,12H,1,5-9,16H2;1H. The Kier molecular flexibility index (Phi) is 4.38. The number of hydrogen-bond donors (Lipinski definition) is 1. The average Bonchev–Trinajstić information content (AvgIpc) is 3.02. The highest BCUT2D eigenvalue weighted by Gasteiger charge is 2.41. The van der Waals surface area contributed by atoms with Gasteiger partial charge in [0, 0.05) is 17.5 Å². The smallest absolute Gasteiger partial charge is 0.123 e. The topological polar surface area (TPSA) is 44.5 Å². The molecular weight excluding hydrogens is 262 g/mol. The second-order valence-electron chi connectivity index (χ2n) is 4.99. The van der Waals surface area contributed by atoms with Gasteiger partial charge < -0.3 is 15.2 Å². The van der Waals surface area contributed by atoms with E-state index >= 15 is 0 Å². The second kappa shape index (κ2) is 5.85. The van der Waals surface area contributed by atoms with Gasteiger partial charge in [-0.1, -0.05) is 12.7 Å². The van der Waals surface area contributed by atoms with Crippen LogP contribution in [-0.2, 0) is 6.42 Å². The number of halogens is 1. The number of hydrogen-bond acceptors (Lipinski definition) is 3. The van der Waals surface area contributed by atoms with Crippen molar-refractivity contribution in [2.24, 2.45) is 11.7 Å². The molecular formula is C15H20ClNO2. The summed E-state index contributed by atoms with van der Waals surface area (Å²) in [5, 5.41) is 0. The van der Waals surface area contributed by atoms with Crippen LogP contribution in [0.5, 0.6) is 11.5 Å². The van der Waals surface area contributed by atoms with Crippen molar-refractivity contribution >= 4 is 12.4 Å². The van der Waals surface area contributed by atoms with Gasteiger partial charge in [0.15, 0.2) is 0 Å². The summed E-state index contributed by atoms with van der Waals surface area (Å²) in [4.78, 5) is 0. The van der Waals surface area contributed by atoms with Gasteiger partial charge in [-0.2, -0.15) is 0 Å². The molecule has 1 fully saturated rings. The minimum Gasteiger partial charge on any atom is -0.493 e. The maximum Gasteiger partial charge on any atom is 0.123 e. The number of rotatable bonds is 5. The molecule has 1 aromatic carbocycles. The Bertz CT molecular complexity index is 475. The minimum atomic E-state index is 0. The Morgan fingerprint density at radius 1 is 1.47 bits per heavy atom. The largest absolute Gasteiger partial charge is 0.493 e. The van der Waals surface area contributed by atoms with Crippen LogP contribution < -0.4 is 15.2 Å². The van der Waals surface area contributed by atoms with Crippen molar-refractivity contribution in [1.82, 2.24) is 0 Å². The number of fused-ring (bicyclic) bond motifs is 1. The first-order valence-electron chi connectivity index (χ1n) is 6.57. The van der Waals surface area contributed by atoms with Gasteiger partial charge in [0.2, 0.25) is 0 Å². The molecule has 1 aromatic rings. The zero-order valence-corrected chi connectivity index (χ0v) is 11.7. The van der Waals surface area contributed by atoms with Gasteiger partial charge >= 0.3 is 0 Å². The molecule has 2 atom stereocenters. The normalized spacial score (nSPS) is 23.0. The van der Waals surface area contributed by atoms with Gasteiger partial charge in [0.25, 0.3) is 0 Å². The van der Waals surface area contributed by atoms with Crippen molar-refractivity contribution < 1.29 is 9.47 Å². The predicted octanol–water partition coefficient (Wildman–Crippen LogP) is 2.67. The molecule has 0 aromatic heterocycles. The predicted molar refractivity (Wildman–Crippen MR) is 78.5 cm³/mol. The van der Waals surface area contributed by atoms with E-state index in [-0.39, 0.29) is 12.4 Å². The Labute approximate surface area is 120 Å². The third-order valence-corrected chi connectivity index (χ3v) is 3.84. The Morgan fingerprint density at radius 3 is 3.00 bits per heavy atom. The van der Waals surface area contributed by atoms with Gasteiger partial charge in [-0.3, -0.25) is 0 Å². The van der Waals surface area contributed by atoms with E-state index in [4.69, 9.17) is 15.2 Å². The van der Waals surface area contributed by atoms with E-state index in [2.05, 4.69) is 6.58 Å². The van der Waals surface area contributed by atoms with E-state index in [0.717, 1.165) is 31.1 Å². The number of ether oxygens (including phenoxy) is 2. The molecule has 1 saturated carbocycles. The van der Waals surface area contributed by atoms with Gasteiger partial charge in [0.05, 0.1) is 6.61 Å². The van der Waals surface area contributed by atoms with Crippen LogP contribution in [0, 0.1) is 5.92 Å². The van der Waals surface area contributed by atoms with E-state index in [1.165, 1.54) is 17.5 Å². The quantitative estimate of drug-likeness (QED) is 0.844. The van der Waals surface area contributed by atoms with Crippen LogP contribution in [0.25, 0.3) is 0 Å². The monoisotopic (exact) mass is 281 g/mol. The first-order valence-corrected chi connectivity index (χ1v) is 6.57. The second-order valence-corrected chi connectivity index (χ2v) is 4.99. The number of benzene rings is 1. The molecule has 0 amide bonds. The van der Waals surface area contributed by atoms with Crippen LogP contribution in [0.1, 0.15) is 23.5 Å². The highest BCUT2D eigenvalue weighted by atomic mass is 35.5. The SMILES string of the molecule is C=CCOc1ccc2c(c1C1CC1CN)CCO2.Cl. The molecule has 2 aliphatic rings. The lowest BCUT2D eigenvalue weighted by molar-refractivity contribution is 0.352. The molecule has 1 aliphatic carbocycles. The minimum absolute atomic E-state index is 0. The summed E-state index contributed by atoms with van der Waals surface area (Å²) < 4.78 is 11.4. The van der Waals surface area contributed by atoms with Gasteiger partial charge in [-0.25, -0.2) is 0 Å². The summed E-state index contributed by atoms with van der Waals surface area (Å²) in [6, 6.07) is 4.04. The van der Waals surface area contributed by atoms with Crippen molar-refractivity contribution in [3.05, 3.63) is 35.9 Å². The molecule has 3 rings (SSSR count). The van der Waals surface area contributed by atoms with Crippen molar-refractivity contribution in [3.63, 3.8) is 0 Å². The van der Waals surface area contributed by atoms with E-state index < -0.39 is 0 Å². The molecule has 0 saturated heterocycles. The lowest BCUT2D eigenvalue weighted by atomic mass is 9.98. The lowest BCUT2D eigenvalue weighted by Gasteiger charge is -2.14. The fourth-order valence-electron chi connectivity index (χ4n) is 2.82. The van der Waals surface area contributed by atoms with Crippen molar-refractivity contribution in [3.8, 4) is 11.5 Å². The maximum atomic E-state index is 5.79. The van der Waals surface area contributed by atoms with Gasteiger partial charge in [-0.05, 0) is 36.9 Å². The summed E-state index contributed by atoms with van der Waals surface area (Å²) in [6.45, 7) is 5.79. The summed E-state index contributed by atoms with van der Waals surface area (Å²) in [6.07, 6.45) is 3.95. The zero-order chi connectivity index (χ0) is 12.5.